The first-order valence-electron chi connectivity index (χ1n) is 7.05. The van der Waals surface area contributed by atoms with Gasteiger partial charge in [-0.1, -0.05) is 34.5 Å². The minimum atomic E-state index is -0.600. The summed E-state index contributed by atoms with van der Waals surface area (Å²) < 4.78 is 0. The number of hydrogen-bond acceptors (Lipinski definition) is 7. The fourth-order valence-corrected chi connectivity index (χ4v) is 3.57. The van der Waals surface area contributed by atoms with E-state index < -0.39 is 5.91 Å². The van der Waals surface area contributed by atoms with Crippen LogP contribution in [0.5, 0.6) is 0 Å². The zero-order chi connectivity index (χ0) is 18.1. The van der Waals surface area contributed by atoms with Gasteiger partial charge in [-0.2, -0.15) is 0 Å². The van der Waals surface area contributed by atoms with Gasteiger partial charge in [-0.05, 0) is 19.9 Å². The van der Waals surface area contributed by atoms with Crippen LogP contribution in [0.3, 0.4) is 0 Å². The van der Waals surface area contributed by atoms with Crippen molar-refractivity contribution in [3.8, 4) is 11.3 Å². The Morgan fingerprint density at radius 1 is 1.24 bits per heavy atom. The monoisotopic (exact) mass is 394 g/mol. The van der Waals surface area contributed by atoms with Gasteiger partial charge in [0, 0.05) is 23.5 Å². The quantitative estimate of drug-likeness (QED) is 0.652. The van der Waals surface area contributed by atoms with Gasteiger partial charge in [0.25, 0.3) is 5.91 Å². The van der Waals surface area contributed by atoms with Crippen LogP contribution in [0.15, 0.2) is 18.3 Å². The molecule has 0 bridgehead atoms. The molecule has 0 aromatic carbocycles. The fourth-order valence-electron chi connectivity index (χ4n) is 2.23. The molecule has 3 heterocycles. The van der Waals surface area contributed by atoms with Crippen LogP contribution in [0.2, 0.25) is 10.2 Å². The highest BCUT2D eigenvalue weighted by atomic mass is 35.5. The second-order valence-corrected chi connectivity index (χ2v) is 6.86. The standard InChI is InChI=1S/C15H12Cl2N6OS/c1-6-11(8(16)3-4-19-6)12-13(14(18)24)25-15(23-12)22-10-5-9(17)20-7(2)21-10/h3-5H,1-2H3,(H2,18,24)(H,20,21,22,23). The molecule has 0 fully saturated rings. The number of aromatic nitrogens is 4. The van der Waals surface area contributed by atoms with Crippen molar-refractivity contribution in [3.05, 3.63) is 44.9 Å². The van der Waals surface area contributed by atoms with Gasteiger partial charge in [-0.3, -0.25) is 9.78 Å². The van der Waals surface area contributed by atoms with E-state index in [1.165, 1.54) is 0 Å². The molecule has 3 aromatic heterocycles. The normalized spacial score (nSPS) is 10.7. The van der Waals surface area contributed by atoms with Gasteiger partial charge in [0.2, 0.25) is 0 Å². The van der Waals surface area contributed by atoms with E-state index in [9.17, 15) is 4.79 Å². The molecule has 3 rings (SSSR count). The summed E-state index contributed by atoms with van der Waals surface area (Å²) in [6, 6.07) is 3.19. The number of aryl methyl sites for hydroxylation is 2. The maximum absolute atomic E-state index is 11.8. The number of nitrogens with two attached hydrogens (primary N) is 1. The van der Waals surface area contributed by atoms with E-state index in [1.807, 2.05) is 0 Å². The van der Waals surface area contributed by atoms with Crippen molar-refractivity contribution < 1.29 is 4.79 Å². The Morgan fingerprint density at radius 2 is 2.00 bits per heavy atom. The fraction of sp³-hybridized carbons (Fsp3) is 0.133. The van der Waals surface area contributed by atoms with Crippen molar-refractivity contribution >= 4 is 51.4 Å². The minimum Gasteiger partial charge on any atom is -0.365 e. The van der Waals surface area contributed by atoms with Gasteiger partial charge in [-0.25, -0.2) is 15.0 Å². The third kappa shape index (κ3) is 3.71. The second kappa shape index (κ2) is 6.91. The van der Waals surface area contributed by atoms with E-state index in [2.05, 4.69) is 25.3 Å². The van der Waals surface area contributed by atoms with Crippen LogP contribution in [-0.2, 0) is 0 Å². The topological polar surface area (TPSA) is 107 Å². The van der Waals surface area contributed by atoms with Crippen LogP contribution in [-0.4, -0.2) is 25.8 Å². The SMILES string of the molecule is Cc1nc(Cl)cc(Nc2nc(-c3c(Cl)ccnc3C)c(C(N)=O)s2)n1. The molecule has 0 atom stereocenters. The summed E-state index contributed by atoms with van der Waals surface area (Å²) in [7, 11) is 0. The largest absolute Gasteiger partial charge is 0.365 e. The molecular formula is C15H12Cl2N6OS. The van der Waals surface area contributed by atoms with Crippen molar-refractivity contribution in [3.63, 3.8) is 0 Å². The lowest BCUT2D eigenvalue weighted by atomic mass is 10.1. The molecule has 1 amide bonds. The number of carbonyl (C=O) groups is 1. The molecule has 128 valence electrons. The molecule has 10 heteroatoms. The van der Waals surface area contributed by atoms with Crippen LogP contribution in [0.4, 0.5) is 10.9 Å². The molecule has 0 radical (unpaired) electrons. The van der Waals surface area contributed by atoms with Crippen LogP contribution in [0.25, 0.3) is 11.3 Å². The Bertz CT molecular complexity index is 934. The van der Waals surface area contributed by atoms with Crippen LogP contribution in [0, 0.1) is 13.8 Å². The first-order valence-corrected chi connectivity index (χ1v) is 8.62. The second-order valence-electron chi connectivity index (χ2n) is 5.06. The number of amides is 1. The summed E-state index contributed by atoms with van der Waals surface area (Å²) in [4.78, 5) is 29.0. The average molecular weight is 395 g/mol. The third-order valence-corrected chi connectivity index (χ3v) is 4.71. The lowest BCUT2D eigenvalue weighted by molar-refractivity contribution is 0.100. The Kier molecular flexibility index (Phi) is 4.85. The molecule has 3 aromatic rings. The van der Waals surface area contributed by atoms with Gasteiger partial charge in [0.1, 0.15) is 21.7 Å². The number of thiazole rings is 1. The molecule has 0 saturated carbocycles. The molecule has 3 N–H and O–H groups in total. The number of halogens is 2. The third-order valence-electron chi connectivity index (χ3n) is 3.22. The van der Waals surface area contributed by atoms with Crippen LogP contribution >= 0.6 is 34.5 Å². The molecule has 0 spiro atoms. The molecule has 7 nitrogen and oxygen atoms in total. The van der Waals surface area contributed by atoms with Crippen molar-refractivity contribution in [1.29, 1.82) is 0 Å². The van der Waals surface area contributed by atoms with Gasteiger partial charge in [-0.15, -0.1) is 0 Å². The molecule has 0 aliphatic carbocycles. The Balaban J connectivity index is 2.08. The molecule has 0 saturated heterocycles. The predicted octanol–water partition coefficient (Wildman–Crippen LogP) is 3.76. The number of nitrogens with one attached hydrogen (secondary N) is 1. The summed E-state index contributed by atoms with van der Waals surface area (Å²) in [6.07, 6.45) is 1.59. The van der Waals surface area contributed by atoms with E-state index in [1.54, 1.807) is 32.2 Å². The minimum absolute atomic E-state index is 0.275. The van der Waals surface area contributed by atoms with Gasteiger partial charge in [0.05, 0.1) is 10.7 Å². The Labute approximate surface area is 157 Å². The van der Waals surface area contributed by atoms with Crippen molar-refractivity contribution in [2.24, 2.45) is 5.73 Å². The first-order chi connectivity index (χ1) is 11.8. The van der Waals surface area contributed by atoms with Crippen LogP contribution < -0.4 is 11.1 Å². The maximum atomic E-state index is 11.8. The van der Waals surface area contributed by atoms with Crippen molar-refractivity contribution in [2.75, 3.05) is 5.32 Å². The zero-order valence-electron chi connectivity index (χ0n) is 13.2. The lowest BCUT2D eigenvalue weighted by Gasteiger charge is -2.05. The van der Waals surface area contributed by atoms with Gasteiger partial charge in [0.15, 0.2) is 5.13 Å². The van der Waals surface area contributed by atoms with E-state index in [4.69, 9.17) is 28.9 Å². The molecule has 0 unspecified atom stereocenters. The number of nitrogens with zero attached hydrogens (tertiary/aromatic N) is 4. The van der Waals surface area contributed by atoms with Crippen molar-refractivity contribution in [2.45, 2.75) is 13.8 Å². The highest BCUT2D eigenvalue weighted by Crippen LogP contribution is 2.37. The summed E-state index contributed by atoms with van der Waals surface area (Å²) in [5.41, 5.74) is 7.10. The highest BCUT2D eigenvalue weighted by molar-refractivity contribution is 7.18. The summed E-state index contributed by atoms with van der Waals surface area (Å²) >= 11 is 13.3. The Hall–Kier alpha value is -2.29. The smallest absolute Gasteiger partial charge is 0.261 e. The molecule has 0 aliphatic rings. The van der Waals surface area contributed by atoms with Gasteiger partial charge < -0.3 is 11.1 Å². The highest BCUT2D eigenvalue weighted by Gasteiger charge is 2.21. The summed E-state index contributed by atoms with van der Waals surface area (Å²) in [6.45, 7) is 3.50. The number of rotatable bonds is 4. The first kappa shape index (κ1) is 17.5. The Morgan fingerprint density at radius 3 is 2.64 bits per heavy atom. The van der Waals surface area contributed by atoms with E-state index >= 15 is 0 Å². The maximum Gasteiger partial charge on any atom is 0.261 e. The summed E-state index contributed by atoms with van der Waals surface area (Å²) in [5.74, 6) is 0.368. The number of hydrogen-bond donors (Lipinski definition) is 2. The van der Waals surface area contributed by atoms with E-state index in [0.29, 0.717) is 43.9 Å². The number of anilines is 2. The lowest BCUT2D eigenvalue weighted by Crippen LogP contribution is -2.10. The number of primary amides is 1. The number of carbonyl (C=O) groups excluding carboxylic acids is 1. The van der Waals surface area contributed by atoms with Crippen LogP contribution in [0.1, 0.15) is 21.2 Å². The molecular weight excluding hydrogens is 383 g/mol. The van der Waals surface area contributed by atoms with E-state index in [0.717, 1.165) is 11.3 Å². The van der Waals surface area contributed by atoms with E-state index in [-0.39, 0.29) is 4.88 Å². The summed E-state index contributed by atoms with van der Waals surface area (Å²) in [5, 5.41) is 4.18. The number of pyridine rings is 1. The molecule has 0 aliphatic heterocycles. The predicted molar refractivity (Wildman–Crippen MR) is 98.7 cm³/mol. The van der Waals surface area contributed by atoms with Gasteiger partial charge >= 0.3 is 0 Å². The zero-order valence-corrected chi connectivity index (χ0v) is 15.5. The molecule has 25 heavy (non-hydrogen) atoms. The van der Waals surface area contributed by atoms with Crippen molar-refractivity contribution in [1.82, 2.24) is 19.9 Å². The average Bonchev–Trinajstić information content (AvgIpc) is 2.89.